The first kappa shape index (κ1) is 11.3. The first-order chi connectivity index (χ1) is 7.74. The number of hydrogen-bond donors (Lipinski definition) is 1. The molecule has 0 aromatic carbocycles. The summed E-state index contributed by atoms with van der Waals surface area (Å²) in [5, 5.41) is 4.92. The van der Waals surface area contributed by atoms with Crippen LogP contribution in [0.15, 0.2) is 23.0 Å². The Labute approximate surface area is 99.0 Å². The SMILES string of the molecule is C=C1CCCN(c2cscn2)C(=O)C1NC. The minimum Gasteiger partial charge on any atom is -0.306 e. The van der Waals surface area contributed by atoms with Crippen LogP contribution in [-0.2, 0) is 4.79 Å². The van der Waals surface area contributed by atoms with E-state index in [9.17, 15) is 4.79 Å². The van der Waals surface area contributed by atoms with Crippen molar-refractivity contribution in [3.63, 3.8) is 0 Å². The van der Waals surface area contributed by atoms with E-state index >= 15 is 0 Å². The number of anilines is 1. The second-order valence-electron chi connectivity index (χ2n) is 3.82. The van der Waals surface area contributed by atoms with Gasteiger partial charge in [0.1, 0.15) is 11.9 Å². The van der Waals surface area contributed by atoms with Crippen LogP contribution >= 0.6 is 11.3 Å². The van der Waals surface area contributed by atoms with Gasteiger partial charge in [0.05, 0.1) is 5.51 Å². The molecular formula is C11H15N3OS. The van der Waals surface area contributed by atoms with Crippen LogP contribution in [0.2, 0.25) is 0 Å². The Bertz CT molecular complexity index is 388. The average Bonchev–Trinajstić information content (AvgIpc) is 2.74. The number of carbonyl (C=O) groups excluding carboxylic acids is 1. The predicted molar refractivity (Wildman–Crippen MR) is 65.7 cm³/mol. The molecule has 1 N–H and O–H groups in total. The molecule has 1 unspecified atom stereocenters. The average molecular weight is 237 g/mol. The molecule has 0 bridgehead atoms. The first-order valence-corrected chi connectivity index (χ1v) is 6.23. The molecule has 0 spiro atoms. The normalized spacial score (nSPS) is 22.3. The third-order valence-corrected chi connectivity index (χ3v) is 3.36. The number of carbonyl (C=O) groups is 1. The van der Waals surface area contributed by atoms with Crippen LogP contribution < -0.4 is 10.2 Å². The van der Waals surface area contributed by atoms with Crippen molar-refractivity contribution in [3.8, 4) is 0 Å². The summed E-state index contributed by atoms with van der Waals surface area (Å²) in [6, 6.07) is -0.274. The number of hydrogen-bond acceptors (Lipinski definition) is 4. The first-order valence-electron chi connectivity index (χ1n) is 5.28. The van der Waals surface area contributed by atoms with Gasteiger partial charge in [0.25, 0.3) is 0 Å². The second-order valence-corrected chi connectivity index (χ2v) is 4.54. The molecule has 1 aliphatic heterocycles. The molecule has 1 fully saturated rings. The quantitative estimate of drug-likeness (QED) is 0.791. The second kappa shape index (κ2) is 4.76. The maximum Gasteiger partial charge on any atom is 0.249 e. The minimum atomic E-state index is -0.274. The van der Waals surface area contributed by atoms with Crippen molar-refractivity contribution in [2.24, 2.45) is 0 Å². The summed E-state index contributed by atoms with van der Waals surface area (Å²) in [5.74, 6) is 0.806. The summed E-state index contributed by atoms with van der Waals surface area (Å²) < 4.78 is 0. The zero-order valence-electron chi connectivity index (χ0n) is 9.27. The molecular weight excluding hydrogens is 222 g/mol. The van der Waals surface area contributed by atoms with Crippen molar-refractivity contribution < 1.29 is 4.79 Å². The molecule has 0 saturated carbocycles. The molecule has 16 heavy (non-hydrogen) atoms. The highest BCUT2D eigenvalue weighted by Crippen LogP contribution is 2.22. The maximum absolute atomic E-state index is 12.3. The van der Waals surface area contributed by atoms with Crippen LogP contribution in [-0.4, -0.2) is 30.5 Å². The molecule has 1 aromatic rings. The standard InChI is InChI=1S/C11H15N3OS/c1-8-4-3-5-14(9-6-16-7-13-9)11(15)10(8)12-2/h6-7,10,12H,1,3-5H2,2H3. The Morgan fingerprint density at radius 2 is 2.50 bits per heavy atom. The van der Waals surface area contributed by atoms with E-state index in [0.29, 0.717) is 0 Å². The molecule has 1 aliphatic rings. The summed E-state index contributed by atoms with van der Waals surface area (Å²) in [6.45, 7) is 4.69. The highest BCUT2D eigenvalue weighted by molar-refractivity contribution is 7.07. The van der Waals surface area contributed by atoms with Gasteiger partial charge in [-0.2, -0.15) is 0 Å². The smallest absolute Gasteiger partial charge is 0.249 e. The molecule has 2 heterocycles. The highest BCUT2D eigenvalue weighted by Gasteiger charge is 2.29. The molecule has 1 aromatic heterocycles. The fourth-order valence-corrected chi connectivity index (χ4v) is 2.48. The number of rotatable bonds is 2. The molecule has 2 rings (SSSR count). The van der Waals surface area contributed by atoms with E-state index in [2.05, 4.69) is 16.9 Å². The Kier molecular flexibility index (Phi) is 3.36. The van der Waals surface area contributed by atoms with Crippen LogP contribution in [0.3, 0.4) is 0 Å². The molecule has 5 heteroatoms. The van der Waals surface area contributed by atoms with Crippen molar-refractivity contribution in [1.29, 1.82) is 0 Å². The van der Waals surface area contributed by atoms with Crippen molar-refractivity contribution in [3.05, 3.63) is 23.0 Å². The lowest BCUT2D eigenvalue weighted by Crippen LogP contribution is -2.45. The van der Waals surface area contributed by atoms with Gasteiger partial charge in [-0.3, -0.25) is 9.69 Å². The number of likely N-dealkylation sites (N-methyl/N-ethyl adjacent to an activating group) is 1. The van der Waals surface area contributed by atoms with E-state index in [1.54, 1.807) is 17.5 Å². The maximum atomic E-state index is 12.3. The number of aromatic nitrogens is 1. The third kappa shape index (κ3) is 2.01. The molecule has 86 valence electrons. The van der Waals surface area contributed by atoms with Gasteiger partial charge in [0.15, 0.2) is 0 Å². The van der Waals surface area contributed by atoms with Gasteiger partial charge in [0.2, 0.25) is 5.91 Å². The summed E-state index contributed by atoms with van der Waals surface area (Å²) in [5.41, 5.74) is 2.71. The molecule has 4 nitrogen and oxygen atoms in total. The van der Waals surface area contributed by atoms with Gasteiger partial charge >= 0.3 is 0 Å². The Morgan fingerprint density at radius 1 is 1.69 bits per heavy atom. The van der Waals surface area contributed by atoms with E-state index in [4.69, 9.17) is 0 Å². The molecule has 1 atom stereocenters. The highest BCUT2D eigenvalue weighted by atomic mass is 32.1. The summed E-state index contributed by atoms with van der Waals surface area (Å²) in [4.78, 5) is 18.2. The monoisotopic (exact) mass is 237 g/mol. The van der Waals surface area contributed by atoms with E-state index in [-0.39, 0.29) is 11.9 Å². The Hall–Kier alpha value is -1.20. The van der Waals surface area contributed by atoms with Gasteiger partial charge in [0, 0.05) is 11.9 Å². The zero-order chi connectivity index (χ0) is 11.5. The number of nitrogens with one attached hydrogen (secondary N) is 1. The van der Waals surface area contributed by atoms with Gasteiger partial charge in [-0.25, -0.2) is 4.98 Å². The lowest BCUT2D eigenvalue weighted by molar-refractivity contribution is -0.119. The van der Waals surface area contributed by atoms with E-state index < -0.39 is 0 Å². The third-order valence-electron chi connectivity index (χ3n) is 2.79. The topological polar surface area (TPSA) is 45.2 Å². The molecule has 1 saturated heterocycles. The number of nitrogens with zero attached hydrogens (tertiary/aromatic N) is 2. The summed E-state index contributed by atoms with van der Waals surface area (Å²) in [6.07, 6.45) is 1.83. The molecule has 0 aliphatic carbocycles. The van der Waals surface area contributed by atoms with Crippen molar-refractivity contribution in [2.45, 2.75) is 18.9 Å². The van der Waals surface area contributed by atoms with Crippen molar-refractivity contribution in [2.75, 3.05) is 18.5 Å². The van der Waals surface area contributed by atoms with Crippen molar-refractivity contribution in [1.82, 2.24) is 10.3 Å². The van der Waals surface area contributed by atoms with Gasteiger partial charge in [-0.1, -0.05) is 12.2 Å². The van der Waals surface area contributed by atoms with Gasteiger partial charge in [-0.15, -0.1) is 11.3 Å². The molecule has 0 radical (unpaired) electrons. The Morgan fingerprint density at radius 3 is 3.12 bits per heavy atom. The fraction of sp³-hybridized carbons (Fsp3) is 0.455. The van der Waals surface area contributed by atoms with Gasteiger partial charge in [-0.05, 0) is 19.9 Å². The lowest BCUT2D eigenvalue weighted by Gasteiger charge is -2.22. The Balaban J connectivity index is 2.26. The molecule has 1 amide bonds. The summed E-state index contributed by atoms with van der Waals surface area (Å²) in [7, 11) is 1.79. The van der Waals surface area contributed by atoms with Crippen LogP contribution in [0, 0.1) is 0 Å². The zero-order valence-corrected chi connectivity index (χ0v) is 10.1. The van der Waals surface area contributed by atoms with Crippen LogP contribution in [0.4, 0.5) is 5.82 Å². The minimum absolute atomic E-state index is 0.0518. The van der Waals surface area contributed by atoms with E-state index in [1.807, 2.05) is 5.38 Å². The van der Waals surface area contributed by atoms with Crippen LogP contribution in [0.25, 0.3) is 0 Å². The van der Waals surface area contributed by atoms with E-state index in [0.717, 1.165) is 30.8 Å². The fourth-order valence-electron chi connectivity index (χ4n) is 1.94. The van der Waals surface area contributed by atoms with Crippen molar-refractivity contribution >= 4 is 23.1 Å². The van der Waals surface area contributed by atoms with Crippen LogP contribution in [0.5, 0.6) is 0 Å². The number of amides is 1. The largest absolute Gasteiger partial charge is 0.306 e. The lowest BCUT2D eigenvalue weighted by atomic mass is 10.1. The van der Waals surface area contributed by atoms with Gasteiger partial charge < -0.3 is 5.32 Å². The summed E-state index contributed by atoms with van der Waals surface area (Å²) >= 11 is 1.50. The predicted octanol–water partition coefficient (Wildman–Crippen LogP) is 1.41. The van der Waals surface area contributed by atoms with Crippen LogP contribution in [0.1, 0.15) is 12.8 Å². The number of thiazole rings is 1. The van der Waals surface area contributed by atoms with E-state index in [1.165, 1.54) is 11.3 Å².